The predicted molar refractivity (Wildman–Crippen MR) is 362 cm³/mol. The van der Waals surface area contributed by atoms with Crippen molar-refractivity contribution in [2.75, 3.05) is 13.2 Å². The van der Waals surface area contributed by atoms with E-state index in [0.29, 0.717) is 25.7 Å². The highest BCUT2D eigenvalue weighted by Crippen LogP contribution is 2.16. The molecule has 0 saturated heterocycles. The third-order valence-corrected chi connectivity index (χ3v) is 14.0. The number of ether oxygens (including phenoxy) is 3. The zero-order chi connectivity index (χ0) is 59.9. The topological polar surface area (TPSA) is 78.9 Å². The van der Waals surface area contributed by atoms with E-state index in [1.807, 2.05) is 0 Å². The maximum absolute atomic E-state index is 12.9. The molecule has 0 amide bonds. The fourth-order valence-electron chi connectivity index (χ4n) is 9.01. The smallest absolute Gasteiger partial charge is 0.306 e. The molecule has 468 valence electrons. The lowest BCUT2D eigenvalue weighted by Gasteiger charge is -2.18. The number of allylic oxidation sites excluding steroid dienone is 26. The standard InChI is InChI=1S/C77H124O6/c1-4-7-10-13-16-19-22-25-27-29-31-32-33-34-35-36-37-38-39-40-41-42-43-44-46-47-49-52-55-58-61-64-67-70-76(79)82-73-74(72-81-75(78)69-66-63-60-57-54-51-24-21-18-15-12-9-6-3)83-77(80)71-68-65-62-59-56-53-50-48-45-30-28-26-23-20-17-14-11-8-5-2/h7,9-10,12,16,18-19,21,25,27,31-32,34-35,37-38,40-41,43-44,47,49,51,54-55,58,74H,4-6,8,11,13-15,17,20,22-24,26,28-30,33,36,39,42,45-46,48,50,52-53,56-57,59-73H2,1-3H3/b10-7-,12-9-,19-16-,21-18-,27-25-,32-31-,35-34-,38-37-,41-40-,44-43-,49-47-,54-51-,58-55-. The van der Waals surface area contributed by atoms with Crippen LogP contribution in [-0.4, -0.2) is 37.2 Å². The Bertz CT molecular complexity index is 1840. The molecule has 0 aliphatic heterocycles. The second-order valence-corrected chi connectivity index (χ2v) is 22.0. The summed E-state index contributed by atoms with van der Waals surface area (Å²) in [5.41, 5.74) is 0. The van der Waals surface area contributed by atoms with E-state index in [1.54, 1.807) is 0 Å². The fraction of sp³-hybridized carbons (Fsp3) is 0.623. The summed E-state index contributed by atoms with van der Waals surface area (Å²) in [7, 11) is 0. The first-order chi connectivity index (χ1) is 41.0. The molecule has 0 N–H and O–H groups in total. The summed E-state index contributed by atoms with van der Waals surface area (Å²) in [6, 6.07) is 0. The van der Waals surface area contributed by atoms with Crippen LogP contribution in [0.15, 0.2) is 158 Å². The number of rotatable bonds is 60. The average Bonchev–Trinajstić information content (AvgIpc) is 3.49. The van der Waals surface area contributed by atoms with E-state index in [2.05, 4.69) is 179 Å². The van der Waals surface area contributed by atoms with E-state index < -0.39 is 6.10 Å². The van der Waals surface area contributed by atoms with Crippen molar-refractivity contribution in [3.8, 4) is 0 Å². The number of esters is 3. The zero-order valence-corrected chi connectivity index (χ0v) is 53.7. The quantitative estimate of drug-likeness (QED) is 0.0261. The molecule has 0 radical (unpaired) electrons. The second-order valence-electron chi connectivity index (χ2n) is 22.0. The van der Waals surface area contributed by atoms with E-state index in [0.717, 1.165) is 141 Å². The van der Waals surface area contributed by atoms with Gasteiger partial charge in [-0.3, -0.25) is 14.4 Å². The Kier molecular flexibility index (Phi) is 65.4. The van der Waals surface area contributed by atoms with Crippen LogP contribution in [0.25, 0.3) is 0 Å². The summed E-state index contributed by atoms with van der Waals surface area (Å²) in [6.07, 6.45) is 101. The molecular formula is C77H124O6. The van der Waals surface area contributed by atoms with Gasteiger partial charge in [-0.25, -0.2) is 0 Å². The molecule has 0 bridgehead atoms. The summed E-state index contributed by atoms with van der Waals surface area (Å²) < 4.78 is 16.9. The van der Waals surface area contributed by atoms with Gasteiger partial charge in [0.25, 0.3) is 0 Å². The van der Waals surface area contributed by atoms with Crippen molar-refractivity contribution >= 4 is 17.9 Å². The molecule has 6 heteroatoms. The molecule has 0 aromatic rings. The Morgan fingerprint density at radius 1 is 0.253 bits per heavy atom. The summed E-state index contributed by atoms with van der Waals surface area (Å²) in [6.45, 7) is 6.36. The molecule has 83 heavy (non-hydrogen) atoms. The van der Waals surface area contributed by atoms with Gasteiger partial charge in [0, 0.05) is 19.3 Å². The van der Waals surface area contributed by atoms with Crippen molar-refractivity contribution in [2.24, 2.45) is 0 Å². The highest BCUT2D eigenvalue weighted by molar-refractivity contribution is 5.71. The number of hydrogen-bond acceptors (Lipinski definition) is 6. The molecular weight excluding hydrogens is 1020 g/mol. The van der Waals surface area contributed by atoms with Gasteiger partial charge in [0.2, 0.25) is 0 Å². The minimum absolute atomic E-state index is 0.110. The molecule has 0 spiro atoms. The van der Waals surface area contributed by atoms with Crippen molar-refractivity contribution in [3.05, 3.63) is 158 Å². The first kappa shape index (κ1) is 78.0. The van der Waals surface area contributed by atoms with E-state index in [1.165, 1.54) is 103 Å². The molecule has 0 aromatic carbocycles. The Morgan fingerprint density at radius 3 is 0.759 bits per heavy atom. The largest absolute Gasteiger partial charge is 0.462 e. The SMILES string of the molecule is CC/C=C\C/C=C\C/C=C\C/C=C\C/C=C\C/C=C\C/C=C\C/C=C\C/C=C\C/C=C\CCCCC(=O)OCC(COC(=O)CCCCC/C=C\C/C=C\C/C=C\CC)OC(=O)CCCCCCCCCCCCCCCCCCCCC. The first-order valence-electron chi connectivity index (χ1n) is 34.0. The summed E-state index contributed by atoms with van der Waals surface area (Å²) >= 11 is 0. The maximum Gasteiger partial charge on any atom is 0.306 e. The molecule has 0 heterocycles. The molecule has 0 fully saturated rings. The third-order valence-electron chi connectivity index (χ3n) is 14.0. The number of carbonyl (C=O) groups is 3. The van der Waals surface area contributed by atoms with Crippen LogP contribution in [0, 0.1) is 0 Å². The average molecular weight is 1150 g/mol. The lowest BCUT2D eigenvalue weighted by Crippen LogP contribution is -2.30. The van der Waals surface area contributed by atoms with Crippen LogP contribution in [0.2, 0.25) is 0 Å². The fourth-order valence-corrected chi connectivity index (χ4v) is 9.01. The summed E-state index contributed by atoms with van der Waals surface area (Å²) in [5, 5.41) is 0. The second kappa shape index (κ2) is 69.5. The van der Waals surface area contributed by atoms with E-state index in [9.17, 15) is 14.4 Å². The van der Waals surface area contributed by atoms with Crippen molar-refractivity contribution in [1.82, 2.24) is 0 Å². The van der Waals surface area contributed by atoms with Crippen molar-refractivity contribution in [2.45, 2.75) is 297 Å². The summed E-state index contributed by atoms with van der Waals surface area (Å²) in [4.78, 5) is 38.3. The van der Waals surface area contributed by atoms with Gasteiger partial charge in [-0.15, -0.1) is 0 Å². The molecule has 0 rings (SSSR count). The van der Waals surface area contributed by atoms with E-state index in [4.69, 9.17) is 14.2 Å². The Balaban J connectivity index is 4.40. The minimum atomic E-state index is -0.814. The van der Waals surface area contributed by atoms with Crippen molar-refractivity contribution < 1.29 is 28.6 Å². The molecule has 1 atom stereocenters. The number of carbonyl (C=O) groups excluding carboxylic acids is 3. The van der Waals surface area contributed by atoms with Crippen LogP contribution in [0.3, 0.4) is 0 Å². The van der Waals surface area contributed by atoms with Crippen LogP contribution in [0.5, 0.6) is 0 Å². The van der Waals surface area contributed by atoms with Crippen molar-refractivity contribution in [3.63, 3.8) is 0 Å². The number of unbranched alkanes of at least 4 members (excludes halogenated alkanes) is 23. The molecule has 0 aromatic heterocycles. The van der Waals surface area contributed by atoms with Gasteiger partial charge >= 0.3 is 17.9 Å². The highest BCUT2D eigenvalue weighted by Gasteiger charge is 2.19. The highest BCUT2D eigenvalue weighted by atomic mass is 16.6. The van der Waals surface area contributed by atoms with Crippen LogP contribution in [0.4, 0.5) is 0 Å². The molecule has 6 nitrogen and oxygen atoms in total. The number of hydrogen-bond donors (Lipinski definition) is 0. The minimum Gasteiger partial charge on any atom is -0.462 e. The van der Waals surface area contributed by atoms with Crippen LogP contribution in [-0.2, 0) is 28.6 Å². The Morgan fingerprint density at radius 2 is 0.470 bits per heavy atom. The Hall–Kier alpha value is -4.97. The first-order valence-corrected chi connectivity index (χ1v) is 34.0. The van der Waals surface area contributed by atoms with Gasteiger partial charge in [-0.2, -0.15) is 0 Å². The van der Waals surface area contributed by atoms with Gasteiger partial charge in [0.05, 0.1) is 0 Å². The van der Waals surface area contributed by atoms with Crippen molar-refractivity contribution in [1.29, 1.82) is 0 Å². The van der Waals surface area contributed by atoms with E-state index >= 15 is 0 Å². The molecule has 0 aliphatic rings. The molecule has 0 saturated carbocycles. The van der Waals surface area contributed by atoms with Gasteiger partial charge < -0.3 is 14.2 Å². The zero-order valence-electron chi connectivity index (χ0n) is 53.7. The van der Waals surface area contributed by atoms with Gasteiger partial charge in [-0.1, -0.05) is 301 Å². The summed E-state index contributed by atoms with van der Waals surface area (Å²) in [5.74, 6) is -0.979. The Labute approximate surface area is 511 Å². The van der Waals surface area contributed by atoms with Crippen LogP contribution < -0.4 is 0 Å². The van der Waals surface area contributed by atoms with Gasteiger partial charge in [-0.05, 0) is 128 Å². The molecule has 0 aliphatic carbocycles. The van der Waals surface area contributed by atoms with Gasteiger partial charge in [0.15, 0.2) is 6.10 Å². The predicted octanol–water partition coefficient (Wildman–Crippen LogP) is 23.7. The lowest BCUT2D eigenvalue weighted by atomic mass is 10.0. The molecule has 1 unspecified atom stereocenters. The van der Waals surface area contributed by atoms with Gasteiger partial charge in [0.1, 0.15) is 13.2 Å². The normalized spacial score (nSPS) is 13.1. The maximum atomic E-state index is 12.9. The lowest BCUT2D eigenvalue weighted by molar-refractivity contribution is -0.167. The monoisotopic (exact) mass is 1140 g/mol. The van der Waals surface area contributed by atoms with Crippen LogP contribution in [0.1, 0.15) is 290 Å². The third kappa shape index (κ3) is 67.7. The van der Waals surface area contributed by atoms with E-state index in [-0.39, 0.29) is 31.1 Å². The van der Waals surface area contributed by atoms with Crippen LogP contribution >= 0.6 is 0 Å².